The maximum atomic E-state index is 11.8. The topological polar surface area (TPSA) is 59.5 Å². The Bertz CT molecular complexity index is 406. The molecule has 0 saturated heterocycles. The van der Waals surface area contributed by atoms with Crippen molar-refractivity contribution in [3.05, 3.63) is 28.5 Å². The average Bonchev–Trinajstić information content (AvgIpc) is 2.29. The molecule has 0 spiro atoms. The molecule has 5 nitrogen and oxygen atoms in total. The van der Waals surface area contributed by atoms with Crippen LogP contribution in [-0.2, 0) is 9.53 Å². The van der Waals surface area contributed by atoms with E-state index in [1.165, 1.54) is 18.1 Å². The van der Waals surface area contributed by atoms with E-state index in [-0.39, 0.29) is 12.5 Å². The summed E-state index contributed by atoms with van der Waals surface area (Å²) in [7, 11) is 1.53. The third-order valence-corrected chi connectivity index (χ3v) is 2.43. The number of rotatable bonds is 4. The van der Waals surface area contributed by atoms with E-state index in [1.807, 2.05) is 0 Å². The zero-order chi connectivity index (χ0) is 12.8. The normalized spacial score (nSPS) is 9.82. The summed E-state index contributed by atoms with van der Waals surface area (Å²) in [4.78, 5) is 28.3. The number of likely N-dealkylation sites (N-methyl/N-ethyl adjacent to an activating group) is 1. The fourth-order valence-corrected chi connectivity index (χ4v) is 1.40. The number of aromatic nitrogens is 1. The Morgan fingerprint density at radius 1 is 1.47 bits per heavy atom. The summed E-state index contributed by atoms with van der Waals surface area (Å²) in [6, 6.07) is 3.31. The van der Waals surface area contributed by atoms with Crippen molar-refractivity contribution in [3.63, 3.8) is 0 Å². The van der Waals surface area contributed by atoms with Crippen molar-refractivity contribution < 1.29 is 14.3 Å². The molecule has 0 bridgehead atoms. The predicted octanol–water partition coefficient (Wildman–Crippen LogP) is 1.48. The van der Waals surface area contributed by atoms with Crippen LogP contribution in [-0.4, -0.2) is 42.0 Å². The fourth-order valence-electron chi connectivity index (χ4n) is 1.17. The molecule has 0 N–H and O–H groups in total. The fraction of sp³-hybridized carbons (Fsp3) is 0.364. The van der Waals surface area contributed by atoms with Gasteiger partial charge in [-0.25, -0.2) is 4.98 Å². The van der Waals surface area contributed by atoms with E-state index in [0.717, 1.165) is 4.47 Å². The molecular formula is C11H13BrN2O3. The first-order valence-electron chi connectivity index (χ1n) is 5.07. The SMILES string of the molecule is CCOC(=O)CN(C)C(=O)c1ccc(Br)cn1. The van der Waals surface area contributed by atoms with Crippen molar-refractivity contribution in [2.75, 3.05) is 20.2 Å². The molecule has 6 heteroatoms. The van der Waals surface area contributed by atoms with Crippen molar-refractivity contribution in [3.8, 4) is 0 Å². The van der Waals surface area contributed by atoms with Gasteiger partial charge in [-0.15, -0.1) is 0 Å². The van der Waals surface area contributed by atoms with Crippen LogP contribution >= 0.6 is 15.9 Å². The molecule has 0 unspecified atom stereocenters. The van der Waals surface area contributed by atoms with Crippen LogP contribution in [0.3, 0.4) is 0 Å². The minimum Gasteiger partial charge on any atom is -0.465 e. The van der Waals surface area contributed by atoms with Crippen LogP contribution in [0.25, 0.3) is 0 Å². The van der Waals surface area contributed by atoms with Gasteiger partial charge in [0.05, 0.1) is 6.61 Å². The second-order valence-corrected chi connectivity index (χ2v) is 4.24. The number of hydrogen-bond acceptors (Lipinski definition) is 4. The summed E-state index contributed by atoms with van der Waals surface area (Å²) in [5.74, 6) is -0.744. The van der Waals surface area contributed by atoms with Gasteiger partial charge in [-0.1, -0.05) is 0 Å². The molecule has 0 aliphatic rings. The minimum absolute atomic E-state index is 0.0790. The first-order chi connectivity index (χ1) is 8.04. The van der Waals surface area contributed by atoms with E-state index in [4.69, 9.17) is 4.74 Å². The number of esters is 1. The third kappa shape index (κ3) is 4.14. The van der Waals surface area contributed by atoms with Crippen LogP contribution in [0.15, 0.2) is 22.8 Å². The third-order valence-electron chi connectivity index (χ3n) is 1.96. The Labute approximate surface area is 108 Å². The number of halogens is 1. The number of carbonyl (C=O) groups excluding carboxylic acids is 2. The Morgan fingerprint density at radius 2 is 2.18 bits per heavy atom. The van der Waals surface area contributed by atoms with Gasteiger partial charge in [0.15, 0.2) is 0 Å². The van der Waals surface area contributed by atoms with Gasteiger partial charge in [-0.05, 0) is 35.0 Å². The van der Waals surface area contributed by atoms with E-state index in [9.17, 15) is 9.59 Å². The summed E-state index contributed by atoms with van der Waals surface area (Å²) in [6.45, 7) is 1.94. The second-order valence-electron chi connectivity index (χ2n) is 3.33. The maximum absolute atomic E-state index is 11.8. The highest BCUT2D eigenvalue weighted by Crippen LogP contribution is 2.08. The molecule has 0 aliphatic carbocycles. The van der Waals surface area contributed by atoms with E-state index in [0.29, 0.717) is 12.3 Å². The zero-order valence-corrected chi connectivity index (χ0v) is 11.2. The number of pyridine rings is 1. The molecule has 1 amide bonds. The number of hydrogen-bond donors (Lipinski definition) is 0. The van der Waals surface area contributed by atoms with Crippen LogP contribution in [0.4, 0.5) is 0 Å². The van der Waals surface area contributed by atoms with Gasteiger partial charge in [0.2, 0.25) is 0 Å². The van der Waals surface area contributed by atoms with Crippen molar-refractivity contribution in [1.29, 1.82) is 0 Å². The number of carbonyl (C=O) groups is 2. The van der Waals surface area contributed by atoms with E-state index in [2.05, 4.69) is 20.9 Å². The van der Waals surface area contributed by atoms with E-state index < -0.39 is 5.97 Å². The van der Waals surface area contributed by atoms with Gasteiger partial charge in [0.1, 0.15) is 12.2 Å². The lowest BCUT2D eigenvalue weighted by atomic mass is 10.3. The predicted molar refractivity (Wildman–Crippen MR) is 65.5 cm³/mol. The molecular weight excluding hydrogens is 288 g/mol. The number of ether oxygens (including phenoxy) is 1. The van der Waals surface area contributed by atoms with Crippen LogP contribution in [0.2, 0.25) is 0 Å². The molecule has 1 rings (SSSR count). The summed E-state index contributed by atoms with van der Waals surface area (Å²) in [5.41, 5.74) is 0.292. The smallest absolute Gasteiger partial charge is 0.325 e. The molecule has 0 atom stereocenters. The molecule has 92 valence electrons. The van der Waals surface area contributed by atoms with Gasteiger partial charge in [0, 0.05) is 17.7 Å². The molecule has 17 heavy (non-hydrogen) atoms. The lowest BCUT2D eigenvalue weighted by Gasteiger charge is -2.15. The Kier molecular flexibility index (Phi) is 5.09. The lowest BCUT2D eigenvalue weighted by Crippen LogP contribution is -2.33. The number of amides is 1. The first-order valence-corrected chi connectivity index (χ1v) is 5.86. The highest BCUT2D eigenvalue weighted by Gasteiger charge is 2.16. The average molecular weight is 301 g/mol. The first kappa shape index (κ1) is 13.6. The molecule has 0 saturated carbocycles. The van der Waals surface area contributed by atoms with Crippen LogP contribution in [0, 0.1) is 0 Å². The van der Waals surface area contributed by atoms with Crippen LogP contribution < -0.4 is 0 Å². The van der Waals surface area contributed by atoms with Crippen LogP contribution in [0.1, 0.15) is 17.4 Å². The molecule has 0 aromatic carbocycles. The van der Waals surface area contributed by atoms with Crippen molar-refractivity contribution in [2.45, 2.75) is 6.92 Å². The summed E-state index contributed by atoms with van der Waals surface area (Å²) in [6.07, 6.45) is 1.53. The van der Waals surface area contributed by atoms with Gasteiger partial charge >= 0.3 is 5.97 Å². The zero-order valence-electron chi connectivity index (χ0n) is 9.64. The number of nitrogens with zero attached hydrogens (tertiary/aromatic N) is 2. The van der Waals surface area contributed by atoms with E-state index >= 15 is 0 Å². The molecule has 0 fully saturated rings. The summed E-state index contributed by atoms with van der Waals surface area (Å²) < 4.78 is 5.55. The standard InChI is InChI=1S/C11H13BrN2O3/c1-3-17-10(15)7-14(2)11(16)9-5-4-8(12)6-13-9/h4-6H,3,7H2,1-2H3. The summed E-state index contributed by atoms with van der Waals surface area (Å²) in [5, 5.41) is 0. The van der Waals surface area contributed by atoms with Crippen LogP contribution in [0.5, 0.6) is 0 Å². The Balaban J connectivity index is 2.63. The minimum atomic E-state index is -0.430. The second kappa shape index (κ2) is 6.34. The van der Waals surface area contributed by atoms with Crippen molar-refractivity contribution in [1.82, 2.24) is 9.88 Å². The van der Waals surface area contributed by atoms with Gasteiger partial charge in [-0.3, -0.25) is 9.59 Å². The quantitative estimate of drug-likeness (QED) is 0.790. The van der Waals surface area contributed by atoms with Gasteiger partial charge in [0.25, 0.3) is 5.91 Å². The summed E-state index contributed by atoms with van der Waals surface area (Å²) >= 11 is 3.23. The van der Waals surface area contributed by atoms with Crippen molar-refractivity contribution in [2.24, 2.45) is 0 Å². The lowest BCUT2D eigenvalue weighted by molar-refractivity contribution is -0.143. The Morgan fingerprint density at radius 3 is 2.71 bits per heavy atom. The Hall–Kier alpha value is -1.43. The van der Waals surface area contributed by atoms with Gasteiger partial charge < -0.3 is 9.64 Å². The van der Waals surface area contributed by atoms with Crippen molar-refractivity contribution >= 4 is 27.8 Å². The highest BCUT2D eigenvalue weighted by molar-refractivity contribution is 9.10. The van der Waals surface area contributed by atoms with E-state index in [1.54, 1.807) is 19.1 Å². The van der Waals surface area contributed by atoms with Gasteiger partial charge in [-0.2, -0.15) is 0 Å². The maximum Gasteiger partial charge on any atom is 0.325 e. The molecule has 1 heterocycles. The molecule has 1 aromatic rings. The largest absolute Gasteiger partial charge is 0.465 e. The highest BCUT2D eigenvalue weighted by atomic mass is 79.9. The monoisotopic (exact) mass is 300 g/mol. The molecule has 0 radical (unpaired) electrons. The molecule has 0 aliphatic heterocycles. The molecule has 1 aromatic heterocycles.